The van der Waals surface area contributed by atoms with Crippen LogP contribution in [-0.2, 0) is 12.6 Å². The molecule has 210 valence electrons. The number of anilines is 1. The number of non-ortho nitro benzene ring substituents is 1. The van der Waals surface area contributed by atoms with Crippen molar-refractivity contribution in [3.05, 3.63) is 68.0 Å². The van der Waals surface area contributed by atoms with Gasteiger partial charge in [-0.2, -0.15) is 18.2 Å². The molecule has 8 nitrogen and oxygen atoms in total. The van der Waals surface area contributed by atoms with Gasteiger partial charge in [0.1, 0.15) is 10.4 Å². The second kappa shape index (κ2) is 11.0. The number of nitro benzene ring substituents is 1. The third-order valence-corrected chi connectivity index (χ3v) is 7.43. The summed E-state index contributed by atoms with van der Waals surface area (Å²) in [7, 11) is 0. The van der Waals surface area contributed by atoms with Crippen molar-refractivity contribution >= 4 is 32.2 Å². The maximum absolute atomic E-state index is 13.3. The standard InChI is InChI=1S/C24H22F6N4O4S/c1-2-31-19-10-14(9-13-3-5-16(6-4-13)38-24(28,29)30)7-8-33(19)22-32-21(35)17-11-15(23(25,26)27)12-18(34(36)37)20(17)39-22/h3-6,11-12,14,19,31H,2,7-10H2,1H3. The molecule has 4 rings (SSSR count). The van der Waals surface area contributed by atoms with Crippen LogP contribution >= 0.6 is 11.3 Å². The molecule has 2 unspecified atom stereocenters. The maximum atomic E-state index is 13.3. The largest absolute Gasteiger partial charge is 0.573 e. The Morgan fingerprint density at radius 2 is 1.87 bits per heavy atom. The van der Waals surface area contributed by atoms with Crippen LogP contribution in [0.15, 0.2) is 41.2 Å². The van der Waals surface area contributed by atoms with Gasteiger partial charge in [0, 0.05) is 12.6 Å². The first-order chi connectivity index (χ1) is 18.2. The number of hydrogen-bond acceptors (Lipinski definition) is 8. The highest BCUT2D eigenvalue weighted by Crippen LogP contribution is 2.39. The molecule has 39 heavy (non-hydrogen) atoms. The van der Waals surface area contributed by atoms with Crippen molar-refractivity contribution < 1.29 is 36.0 Å². The van der Waals surface area contributed by atoms with E-state index in [0.717, 1.165) is 16.9 Å². The molecule has 2 atom stereocenters. The number of hydrogen-bond donors (Lipinski definition) is 1. The second-order valence-electron chi connectivity index (χ2n) is 8.98. The molecule has 1 fully saturated rings. The first kappa shape index (κ1) is 28.5. The topological polar surface area (TPSA) is 97.6 Å². The molecule has 1 aromatic heterocycles. The number of aromatic nitrogens is 1. The predicted molar refractivity (Wildman–Crippen MR) is 132 cm³/mol. The van der Waals surface area contributed by atoms with E-state index in [4.69, 9.17) is 0 Å². The van der Waals surface area contributed by atoms with E-state index in [1.807, 2.05) is 6.92 Å². The molecule has 0 amide bonds. The Balaban J connectivity index is 1.59. The summed E-state index contributed by atoms with van der Waals surface area (Å²) in [6.45, 7) is 2.79. The minimum atomic E-state index is -4.88. The molecule has 2 aromatic carbocycles. The average Bonchev–Trinajstić information content (AvgIpc) is 2.83. The number of halogens is 6. The Morgan fingerprint density at radius 3 is 2.46 bits per heavy atom. The molecule has 3 aromatic rings. The van der Waals surface area contributed by atoms with E-state index in [2.05, 4.69) is 15.0 Å². The molecule has 1 N–H and O–H groups in total. The smallest absolute Gasteiger partial charge is 0.406 e. The van der Waals surface area contributed by atoms with Crippen LogP contribution < -0.4 is 20.5 Å². The molecule has 1 aliphatic heterocycles. The van der Waals surface area contributed by atoms with E-state index in [1.165, 1.54) is 12.1 Å². The van der Waals surface area contributed by atoms with Gasteiger partial charge in [0.2, 0.25) is 0 Å². The Labute approximate surface area is 221 Å². The third-order valence-electron chi connectivity index (χ3n) is 6.29. The Hall–Kier alpha value is -3.46. The van der Waals surface area contributed by atoms with E-state index in [1.54, 1.807) is 17.0 Å². The minimum Gasteiger partial charge on any atom is -0.406 e. The lowest BCUT2D eigenvalue weighted by Gasteiger charge is -2.40. The van der Waals surface area contributed by atoms with Crippen LogP contribution in [0.2, 0.25) is 0 Å². The summed E-state index contributed by atoms with van der Waals surface area (Å²) < 4.78 is 80.7. The van der Waals surface area contributed by atoms with Crippen molar-refractivity contribution in [3.63, 3.8) is 0 Å². The van der Waals surface area contributed by atoms with Crippen LogP contribution in [0.5, 0.6) is 5.75 Å². The van der Waals surface area contributed by atoms with E-state index in [0.29, 0.717) is 44.5 Å². The van der Waals surface area contributed by atoms with Crippen molar-refractivity contribution in [3.8, 4) is 5.75 Å². The summed E-state index contributed by atoms with van der Waals surface area (Å²) in [5.41, 5.74) is -2.31. The molecular formula is C24H22F6N4O4S. The summed E-state index contributed by atoms with van der Waals surface area (Å²) in [5.74, 6) is -0.208. The highest BCUT2D eigenvalue weighted by atomic mass is 32.1. The quantitative estimate of drug-likeness (QED) is 0.213. The summed E-state index contributed by atoms with van der Waals surface area (Å²) in [5, 5.41) is 14.6. The van der Waals surface area contributed by atoms with Gasteiger partial charge in [-0.1, -0.05) is 30.4 Å². The van der Waals surface area contributed by atoms with Gasteiger partial charge in [-0.05, 0) is 55.5 Å². The van der Waals surface area contributed by atoms with Gasteiger partial charge < -0.3 is 9.64 Å². The highest BCUT2D eigenvalue weighted by Gasteiger charge is 2.35. The van der Waals surface area contributed by atoms with Crippen molar-refractivity contribution in [2.75, 3.05) is 18.0 Å². The van der Waals surface area contributed by atoms with E-state index in [-0.39, 0.29) is 27.7 Å². The van der Waals surface area contributed by atoms with Gasteiger partial charge in [0.25, 0.3) is 11.2 Å². The number of piperidine rings is 1. The summed E-state index contributed by atoms with van der Waals surface area (Å²) in [4.78, 5) is 29.2. The first-order valence-electron chi connectivity index (χ1n) is 11.8. The van der Waals surface area contributed by atoms with E-state index >= 15 is 0 Å². The van der Waals surface area contributed by atoms with Gasteiger partial charge in [-0.15, -0.1) is 13.2 Å². The zero-order valence-electron chi connectivity index (χ0n) is 20.3. The van der Waals surface area contributed by atoms with Crippen LogP contribution in [-0.4, -0.2) is 35.5 Å². The Morgan fingerprint density at radius 1 is 1.18 bits per heavy atom. The molecule has 0 aliphatic carbocycles. The molecule has 0 radical (unpaired) electrons. The number of nitrogens with one attached hydrogen (secondary N) is 1. The van der Waals surface area contributed by atoms with Crippen LogP contribution in [0.25, 0.3) is 10.1 Å². The molecule has 2 heterocycles. The normalized spacial score (nSPS) is 18.4. The highest BCUT2D eigenvalue weighted by molar-refractivity contribution is 7.22. The predicted octanol–water partition coefficient (Wildman–Crippen LogP) is 5.88. The molecule has 0 spiro atoms. The zero-order chi connectivity index (χ0) is 28.5. The summed E-state index contributed by atoms with van der Waals surface area (Å²) in [6, 6.07) is 6.60. The Bertz CT molecular complexity index is 1410. The average molecular weight is 577 g/mol. The van der Waals surface area contributed by atoms with Gasteiger partial charge in [-0.25, -0.2) is 0 Å². The van der Waals surface area contributed by atoms with Crippen LogP contribution in [0, 0.1) is 16.0 Å². The molecule has 1 saturated heterocycles. The number of ether oxygens (including phenoxy) is 1. The number of rotatable bonds is 7. The minimum absolute atomic E-state index is 0.112. The van der Waals surface area contributed by atoms with Crippen molar-refractivity contribution in [1.82, 2.24) is 10.3 Å². The fraction of sp³-hybridized carbons (Fsp3) is 0.417. The molecule has 0 saturated carbocycles. The van der Waals surface area contributed by atoms with Gasteiger partial charge in [0.15, 0.2) is 5.13 Å². The Kier molecular flexibility index (Phi) is 8.02. The van der Waals surface area contributed by atoms with Crippen LogP contribution in [0.1, 0.15) is 30.9 Å². The molecular weight excluding hydrogens is 554 g/mol. The number of nitro groups is 1. The van der Waals surface area contributed by atoms with Gasteiger partial charge in [0.05, 0.1) is 22.0 Å². The fourth-order valence-electron chi connectivity index (χ4n) is 4.61. The fourth-order valence-corrected chi connectivity index (χ4v) is 5.75. The number of nitrogens with zero attached hydrogens (tertiary/aromatic N) is 3. The molecule has 1 aliphatic rings. The SMILES string of the molecule is CCNC1CC(Cc2ccc(OC(F)(F)F)cc2)CCN1c1nc(=O)c2cc(C(F)(F)F)cc([N+](=O)[O-])c2s1. The van der Waals surface area contributed by atoms with Crippen LogP contribution in [0.4, 0.5) is 37.2 Å². The lowest BCUT2D eigenvalue weighted by Crippen LogP contribution is -2.51. The first-order valence-corrected chi connectivity index (χ1v) is 12.6. The lowest BCUT2D eigenvalue weighted by molar-refractivity contribution is -0.383. The van der Waals surface area contributed by atoms with Crippen molar-refractivity contribution in [2.24, 2.45) is 5.92 Å². The number of benzene rings is 2. The second-order valence-corrected chi connectivity index (χ2v) is 9.96. The number of fused-ring (bicyclic) bond motifs is 1. The maximum Gasteiger partial charge on any atom is 0.573 e. The van der Waals surface area contributed by atoms with Gasteiger partial charge in [-0.3, -0.25) is 20.2 Å². The van der Waals surface area contributed by atoms with Crippen molar-refractivity contribution in [1.29, 1.82) is 0 Å². The van der Waals surface area contributed by atoms with Gasteiger partial charge >= 0.3 is 12.5 Å². The molecule has 0 bridgehead atoms. The van der Waals surface area contributed by atoms with Crippen molar-refractivity contribution in [2.45, 2.75) is 44.9 Å². The third kappa shape index (κ3) is 6.76. The lowest BCUT2D eigenvalue weighted by atomic mass is 9.88. The molecule has 15 heteroatoms. The monoisotopic (exact) mass is 576 g/mol. The van der Waals surface area contributed by atoms with Crippen LogP contribution in [0.3, 0.4) is 0 Å². The number of alkyl halides is 6. The van der Waals surface area contributed by atoms with E-state index < -0.39 is 39.7 Å². The van der Waals surface area contributed by atoms with E-state index in [9.17, 15) is 41.3 Å². The summed E-state index contributed by atoms with van der Waals surface area (Å²) >= 11 is 0.783. The zero-order valence-corrected chi connectivity index (χ0v) is 21.1. The summed E-state index contributed by atoms with van der Waals surface area (Å²) in [6.07, 6.45) is -8.26.